The third-order valence-electron chi connectivity index (χ3n) is 5.81. The van der Waals surface area contributed by atoms with Gasteiger partial charge in [-0.15, -0.1) is 0 Å². The van der Waals surface area contributed by atoms with Crippen LogP contribution in [0, 0.1) is 12.5 Å². The SMILES string of the molecule is O=C(N[CH]CC1CCC1)[C@H](Cc1ccccc1)NS(=O)(=O)c1ccc(Oc2ccccn2)cc1. The Morgan fingerprint density at radius 3 is 2.41 bits per heavy atom. The van der Waals surface area contributed by atoms with E-state index in [-0.39, 0.29) is 17.2 Å². The number of benzene rings is 2. The second-order valence-electron chi connectivity index (χ2n) is 8.35. The summed E-state index contributed by atoms with van der Waals surface area (Å²) in [6, 6.07) is 19.7. The molecule has 0 bridgehead atoms. The molecule has 7 nitrogen and oxygen atoms in total. The number of carbonyl (C=O) groups excluding carboxylic acids is 1. The first-order valence-electron chi connectivity index (χ1n) is 11.4. The Labute approximate surface area is 200 Å². The first-order chi connectivity index (χ1) is 16.5. The standard InChI is InChI=1S/C26H28N3O4S/c30-26(28-18-16-20-9-6-10-20)24(19-21-7-2-1-3-8-21)29-34(31,32)23-14-12-22(13-15-23)33-25-11-4-5-17-27-25/h1-5,7-8,11-15,17-18,20,24,29H,6,9-10,16,19H2,(H,28,30)/t24-/m0/s1. The molecule has 2 N–H and O–H groups in total. The fourth-order valence-corrected chi connectivity index (χ4v) is 4.86. The third kappa shape index (κ3) is 6.65. The van der Waals surface area contributed by atoms with Gasteiger partial charge in [0.15, 0.2) is 0 Å². The summed E-state index contributed by atoms with van der Waals surface area (Å²) in [5, 5.41) is 2.79. The molecular formula is C26H28N3O4S. The molecule has 0 spiro atoms. The van der Waals surface area contributed by atoms with Gasteiger partial charge in [-0.05, 0) is 54.7 Å². The number of rotatable bonds is 11. The Morgan fingerprint density at radius 1 is 1.03 bits per heavy atom. The molecule has 1 aromatic heterocycles. The zero-order valence-corrected chi connectivity index (χ0v) is 19.6. The lowest BCUT2D eigenvalue weighted by molar-refractivity contribution is -0.122. The number of nitrogens with zero attached hydrogens (tertiary/aromatic N) is 1. The highest BCUT2D eigenvalue weighted by molar-refractivity contribution is 7.89. The van der Waals surface area contributed by atoms with Crippen molar-refractivity contribution in [1.29, 1.82) is 0 Å². The average molecular weight is 479 g/mol. The number of pyridine rings is 1. The fraction of sp³-hybridized carbons (Fsp3) is 0.269. The van der Waals surface area contributed by atoms with E-state index in [2.05, 4.69) is 15.0 Å². The summed E-state index contributed by atoms with van der Waals surface area (Å²) in [4.78, 5) is 17.0. The number of sulfonamides is 1. The van der Waals surface area contributed by atoms with Gasteiger partial charge in [0.2, 0.25) is 21.8 Å². The van der Waals surface area contributed by atoms with Crippen molar-refractivity contribution >= 4 is 15.9 Å². The summed E-state index contributed by atoms with van der Waals surface area (Å²) >= 11 is 0. The molecule has 0 aliphatic heterocycles. The van der Waals surface area contributed by atoms with Gasteiger partial charge >= 0.3 is 0 Å². The molecular weight excluding hydrogens is 450 g/mol. The third-order valence-corrected chi connectivity index (χ3v) is 7.30. The van der Waals surface area contributed by atoms with E-state index in [9.17, 15) is 13.2 Å². The highest BCUT2D eigenvalue weighted by Gasteiger charge is 2.27. The molecule has 1 aliphatic rings. The van der Waals surface area contributed by atoms with E-state index in [1.807, 2.05) is 30.3 Å². The number of amides is 1. The van der Waals surface area contributed by atoms with Gasteiger partial charge in [-0.25, -0.2) is 13.4 Å². The van der Waals surface area contributed by atoms with E-state index in [0.717, 1.165) is 12.0 Å². The van der Waals surface area contributed by atoms with Gasteiger partial charge < -0.3 is 10.1 Å². The van der Waals surface area contributed by atoms with Crippen molar-refractivity contribution in [3.63, 3.8) is 0 Å². The Hall–Kier alpha value is -3.23. The second-order valence-corrected chi connectivity index (χ2v) is 10.1. The number of ether oxygens (including phenoxy) is 1. The van der Waals surface area contributed by atoms with Crippen molar-refractivity contribution in [2.75, 3.05) is 0 Å². The van der Waals surface area contributed by atoms with Gasteiger partial charge in [0.25, 0.3) is 0 Å². The molecule has 1 radical (unpaired) electrons. The molecule has 2 aromatic carbocycles. The minimum Gasteiger partial charge on any atom is -0.439 e. The van der Waals surface area contributed by atoms with E-state index in [4.69, 9.17) is 4.74 Å². The van der Waals surface area contributed by atoms with E-state index in [1.165, 1.54) is 31.4 Å². The average Bonchev–Trinajstić information content (AvgIpc) is 2.82. The van der Waals surface area contributed by atoms with Crippen LogP contribution in [0.3, 0.4) is 0 Å². The lowest BCUT2D eigenvalue weighted by Crippen LogP contribution is -2.47. The van der Waals surface area contributed by atoms with Gasteiger partial charge in [-0.3, -0.25) is 4.79 Å². The van der Waals surface area contributed by atoms with Crippen LogP contribution in [0.25, 0.3) is 0 Å². The number of nitrogens with one attached hydrogen (secondary N) is 2. The highest BCUT2D eigenvalue weighted by Crippen LogP contribution is 2.29. The van der Waals surface area contributed by atoms with Crippen LogP contribution in [-0.4, -0.2) is 25.4 Å². The number of hydrogen-bond donors (Lipinski definition) is 2. The molecule has 0 saturated heterocycles. The lowest BCUT2D eigenvalue weighted by Gasteiger charge is -2.25. The Morgan fingerprint density at radius 2 is 1.76 bits per heavy atom. The number of aromatic nitrogens is 1. The molecule has 8 heteroatoms. The maximum Gasteiger partial charge on any atom is 0.241 e. The van der Waals surface area contributed by atoms with Gasteiger partial charge in [0, 0.05) is 18.8 Å². The van der Waals surface area contributed by atoms with Crippen molar-refractivity contribution in [2.24, 2.45) is 5.92 Å². The Kier molecular flexibility index (Phi) is 7.92. The van der Waals surface area contributed by atoms with Crippen LogP contribution < -0.4 is 14.8 Å². The predicted molar refractivity (Wildman–Crippen MR) is 129 cm³/mol. The first-order valence-corrected chi connectivity index (χ1v) is 12.9. The molecule has 1 aliphatic carbocycles. The molecule has 177 valence electrons. The summed E-state index contributed by atoms with van der Waals surface area (Å²) < 4.78 is 34.4. The maximum atomic E-state index is 13.1. The molecule has 1 amide bonds. The summed E-state index contributed by atoms with van der Waals surface area (Å²) in [5.41, 5.74) is 0.864. The van der Waals surface area contributed by atoms with Crippen LogP contribution >= 0.6 is 0 Å². The van der Waals surface area contributed by atoms with Crippen LogP contribution in [0.15, 0.2) is 83.9 Å². The van der Waals surface area contributed by atoms with Crippen LogP contribution in [0.5, 0.6) is 11.6 Å². The van der Waals surface area contributed by atoms with Gasteiger partial charge in [-0.1, -0.05) is 55.7 Å². The highest BCUT2D eigenvalue weighted by atomic mass is 32.2. The summed E-state index contributed by atoms with van der Waals surface area (Å²) in [5.74, 6) is 1.11. The zero-order valence-electron chi connectivity index (χ0n) is 18.8. The lowest BCUT2D eigenvalue weighted by atomic mass is 9.83. The monoisotopic (exact) mass is 478 g/mol. The number of hydrogen-bond acceptors (Lipinski definition) is 5. The maximum absolute atomic E-state index is 13.1. The van der Waals surface area contributed by atoms with E-state index < -0.39 is 16.1 Å². The quantitative estimate of drug-likeness (QED) is 0.430. The zero-order chi connectivity index (χ0) is 23.8. The van der Waals surface area contributed by atoms with Crippen LogP contribution in [0.2, 0.25) is 0 Å². The Balaban J connectivity index is 1.44. The minimum absolute atomic E-state index is 0.0465. The molecule has 1 fully saturated rings. The van der Waals surface area contributed by atoms with Crippen molar-refractivity contribution in [3.8, 4) is 11.6 Å². The molecule has 3 aromatic rings. The molecule has 1 atom stereocenters. The molecule has 34 heavy (non-hydrogen) atoms. The van der Waals surface area contributed by atoms with Gasteiger partial charge in [0.05, 0.1) is 4.90 Å². The first kappa shape index (κ1) is 23.9. The van der Waals surface area contributed by atoms with Gasteiger partial charge in [0.1, 0.15) is 11.8 Å². The molecule has 1 saturated carbocycles. The fourth-order valence-electron chi connectivity index (χ4n) is 3.66. The Bertz CT molecular complexity index is 1170. The molecule has 0 unspecified atom stereocenters. The summed E-state index contributed by atoms with van der Waals surface area (Å²) in [6.07, 6.45) is 6.23. The van der Waals surface area contributed by atoms with Gasteiger partial charge in [-0.2, -0.15) is 4.72 Å². The van der Waals surface area contributed by atoms with Crippen molar-refractivity contribution in [2.45, 2.75) is 43.0 Å². The number of carbonyl (C=O) groups is 1. The van der Waals surface area contributed by atoms with E-state index >= 15 is 0 Å². The normalized spacial score (nSPS) is 14.7. The largest absolute Gasteiger partial charge is 0.439 e. The molecule has 4 rings (SSSR count). The van der Waals surface area contributed by atoms with E-state index in [1.54, 1.807) is 43.1 Å². The smallest absolute Gasteiger partial charge is 0.241 e. The van der Waals surface area contributed by atoms with Crippen molar-refractivity contribution in [3.05, 3.63) is 91.1 Å². The molecule has 1 heterocycles. The predicted octanol–water partition coefficient (Wildman–Crippen LogP) is 4.23. The van der Waals surface area contributed by atoms with Crippen LogP contribution in [-0.2, 0) is 21.2 Å². The summed E-state index contributed by atoms with van der Waals surface area (Å²) in [7, 11) is -3.94. The van der Waals surface area contributed by atoms with Crippen LogP contribution in [0.1, 0.15) is 31.2 Å². The van der Waals surface area contributed by atoms with E-state index in [0.29, 0.717) is 17.5 Å². The second kappa shape index (κ2) is 11.3. The van der Waals surface area contributed by atoms with Crippen molar-refractivity contribution in [1.82, 2.24) is 15.0 Å². The minimum atomic E-state index is -3.94. The topological polar surface area (TPSA) is 97.4 Å². The van der Waals surface area contributed by atoms with Crippen LogP contribution in [0.4, 0.5) is 0 Å². The van der Waals surface area contributed by atoms with Crippen molar-refractivity contribution < 1.29 is 17.9 Å². The summed E-state index contributed by atoms with van der Waals surface area (Å²) in [6.45, 7) is 1.75.